The Morgan fingerprint density at radius 3 is 2.20 bits per heavy atom. The molecule has 0 radical (unpaired) electrons. The van der Waals surface area contributed by atoms with E-state index < -0.39 is 47.2 Å². The van der Waals surface area contributed by atoms with Crippen molar-refractivity contribution < 1.29 is 26.7 Å². The molecule has 1 heterocycles. The van der Waals surface area contributed by atoms with Crippen molar-refractivity contribution in [3.05, 3.63) is 75.3 Å². The van der Waals surface area contributed by atoms with Crippen molar-refractivity contribution in [2.45, 2.75) is 20.4 Å². The number of nitrogens with zero attached hydrogens (tertiary/aromatic N) is 2. The van der Waals surface area contributed by atoms with Crippen molar-refractivity contribution >= 4 is 29.0 Å². The quantitative estimate of drug-likeness (QED) is 0.315. The molecule has 2 N–H and O–H groups in total. The van der Waals surface area contributed by atoms with Gasteiger partial charge in [-0.05, 0) is 32.0 Å². The highest BCUT2D eigenvalue weighted by atomic mass is 35.5. The normalized spacial score (nSPS) is 10.9. The van der Waals surface area contributed by atoms with Gasteiger partial charge in [0.1, 0.15) is 0 Å². The van der Waals surface area contributed by atoms with Gasteiger partial charge in [-0.3, -0.25) is 4.68 Å². The summed E-state index contributed by atoms with van der Waals surface area (Å²) in [5.74, 6) is -10.2. The van der Waals surface area contributed by atoms with Gasteiger partial charge in [0, 0.05) is 10.7 Å². The smallest absolute Gasteiger partial charge is 0.308 e. The Labute approximate surface area is 172 Å². The van der Waals surface area contributed by atoms with Crippen LogP contribution in [0.25, 0.3) is 0 Å². The van der Waals surface area contributed by atoms with E-state index >= 15 is 0 Å². The van der Waals surface area contributed by atoms with E-state index in [0.29, 0.717) is 10.7 Å². The van der Waals surface area contributed by atoms with Crippen molar-refractivity contribution in [3.8, 4) is 0 Å². The number of carbonyl (C=O) groups excluding carboxylic acids is 1. The number of urea groups is 1. The van der Waals surface area contributed by atoms with Crippen LogP contribution in [0.3, 0.4) is 0 Å². The van der Waals surface area contributed by atoms with Gasteiger partial charge in [0.05, 0.1) is 29.2 Å². The Morgan fingerprint density at radius 1 is 1.00 bits per heavy atom. The summed E-state index contributed by atoms with van der Waals surface area (Å²) < 4.78 is 69.0. The molecule has 30 heavy (non-hydrogen) atoms. The summed E-state index contributed by atoms with van der Waals surface area (Å²) in [6.07, 6.45) is 0. The van der Waals surface area contributed by atoms with E-state index in [-0.39, 0.29) is 17.1 Å². The minimum absolute atomic E-state index is 0.221. The fraction of sp³-hybridized carbons (Fsp3) is 0.158. The fourth-order valence-electron chi connectivity index (χ4n) is 2.81. The monoisotopic (exact) mass is 444 g/mol. The third-order valence-electron chi connectivity index (χ3n) is 4.31. The SMILES string of the molecule is Cc1nn(Cc2c(F)c(F)c(F)c(F)c2F)c(C)c1NC(=O)Nc1cccc(Cl)c1. The van der Waals surface area contributed by atoms with Gasteiger partial charge in [-0.25, -0.2) is 26.7 Å². The lowest BCUT2D eigenvalue weighted by molar-refractivity contribution is 0.262. The zero-order chi connectivity index (χ0) is 22.2. The molecule has 0 aliphatic heterocycles. The number of carbonyl (C=O) groups is 1. The van der Waals surface area contributed by atoms with Crippen LogP contribution < -0.4 is 10.6 Å². The number of anilines is 2. The first-order valence-electron chi connectivity index (χ1n) is 8.48. The van der Waals surface area contributed by atoms with E-state index in [0.717, 1.165) is 4.68 Å². The Bertz CT molecular complexity index is 1120. The molecule has 2 aromatic carbocycles. The third-order valence-corrected chi connectivity index (χ3v) is 4.55. The Balaban J connectivity index is 1.85. The lowest BCUT2D eigenvalue weighted by Gasteiger charge is -2.11. The minimum Gasteiger partial charge on any atom is -0.308 e. The second kappa shape index (κ2) is 8.31. The van der Waals surface area contributed by atoms with Crippen molar-refractivity contribution in [2.75, 3.05) is 10.6 Å². The van der Waals surface area contributed by atoms with E-state index in [1.54, 1.807) is 18.2 Å². The second-order valence-corrected chi connectivity index (χ2v) is 6.78. The van der Waals surface area contributed by atoms with E-state index in [9.17, 15) is 26.7 Å². The van der Waals surface area contributed by atoms with Gasteiger partial charge in [0.25, 0.3) is 0 Å². The Morgan fingerprint density at radius 2 is 1.60 bits per heavy atom. The zero-order valence-electron chi connectivity index (χ0n) is 15.6. The number of halogens is 6. The predicted molar refractivity (Wildman–Crippen MR) is 101 cm³/mol. The van der Waals surface area contributed by atoms with E-state index in [1.165, 1.54) is 19.9 Å². The van der Waals surface area contributed by atoms with Crippen LogP contribution in [0.4, 0.5) is 38.1 Å². The largest absolute Gasteiger partial charge is 0.323 e. The summed E-state index contributed by atoms with van der Waals surface area (Å²) in [5, 5.41) is 9.53. The lowest BCUT2D eigenvalue weighted by Crippen LogP contribution is -2.20. The van der Waals surface area contributed by atoms with Gasteiger partial charge in [-0.15, -0.1) is 0 Å². The number of amides is 2. The second-order valence-electron chi connectivity index (χ2n) is 6.34. The molecule has 11 heteroatoms. The van der Waals surface area contributed by atoms with Gasteiger partial charge in [0.15, 0.2) is 23.3 Å². The average Bonchev–Trinajstić information content (AvgIpc) is 2.95. The molecule has 3 rings (SSSR count). The fourth-order valence-corrected chi connectivity index (χ4v) is 3.00. The van der Waals surface area contributed by atoms with Crippen molar-refractivity contribution in [3.63, 3.8) is 0 Å². The van der Waals surface area contributed by atoms with Crippen molar-refractivity contribution in [1.29, 1.82) is 0 Å². The maximum Gasteiger partial charge on any atom is 0.323 e. The van der Waals surface area contributed by atoms with Crippen LogP contribution in [0.1, 0.15) is 17.0 Å². The van der Waals surface area contributed by atoms with E-state index in [4.69, 9.17) is 11.6 Å². The topological polar surface area (TPSA) is 59.0 Å². The van der Waals surface area contributed by atoms with Crippen LogP contribution in [0, 0.1) is 42.9 Å². The molecule has 0 unspecified atom stereocenters. The molecule has 2 amide bonds. The summed E-state index contributed by atoms with van der Waals surface area (Å²) in [7, 11) is 0. The molecule has 0 aliphatic rings. The van der Waals surface area contributed by atoms with E-state index in [1.807, 2.05) is 0 Å². The minimum atomic E-state index is -2.23. The summed E-state index contributed by atoms with van der Waals surface area (Å²) >= 11 is 5.85. The summed E-state index contributed by atoms with van der Waals surface area (Å²) in [5.41, 5.74) is 0.129. The molecule has 0 aliphatic carbocycles. The summed E-state index contributed by atoms with van der Waals surface area (Å²) in [6, 6.07) is 5.75. The standard InChI is InChI=1S/C19H14ClF5N4O/c1-8-18(27-19(30)26-11-5-3-4-10(20)6-11)9(2)29(28-8)7-12-13(21)15(23)17(25)16(24)14(12)22/h3-6H,7H2,1-2H3,(H2,26,27,30). The molecule has 5 nitrogen and oxygen atoms in total. The van der Waals surface area contributed by atoms with Gasteiger partial charge < -0.3 is 10.6 Å². The van der Waals surface area contributed by atoms with Gasteiger partial charge in [-0.1, -0.05) is 17.7 Å². The number of nitrogens with one attached hydrogen (secondary N) is 2. The molecule has 158 valence electrons. The van der Waals surface area contributed by atoms with Crippen molar-refractivity contribution in [1.82, 2.24) is 9.78 Å². The molecular weight excluding hydrogens is 431 g/mol. The van der Waals surface area contributed by atoms with Crippen LogP contribution in [0.5, 0.6) is 0 Å². The lowest BCUT2D eigenvalue weighted by atomic mass is 10.1. The third kappa shape index (κ3) is 4.09. The first-order valence-corrected chi connectivity index (χ1v) is 8.85. The molecule has 0 bridgehead atoms. The number of rotatable bonds is 4. The highest BCUT2D eigenvalue weighted by Gasteiger charge is 2.27. The Kier molecular flexibility index (Phi) is 5.97. The van der Waals surface area contributed by atoms with Gasteiger partial charge >= 0.3 is 6.03 Å². The first kappa shape index (κ1) is 21.6. The number of benzene rings is 2. The highest BCUT2D eigenvalue weighted by Crippen LogP contribution is 2.26. The molecule has 0 atom stereocenters. The number of hydrogen-bond donors (Lipinski definition) is 2. The van der Waals surface area contributed by atoms with Gasteiger partial charge in [0.2, 0.25) is 5.82 Å². The molecule has 0 spiro atoms. The van der Waals surface area contributed by atoms with Crippen LogP contribution >= 0.6 is 11.6 Å². The average molecular weight is 445 g/mol. The van der Waals surface area contributed by atoms with E-state index in [2.05, 4.69) is 15.7 Å². The maximum atomic E-state index is 14.0. The van der Waals surface area contributed by atoms with Crippen LogP contribution in [0.2, 0.25) is 5.02 Å². The van der Waals surface area contributed by atoms with Crippen molar-refractivity contribution in [2.24, 2.45) is 0 Å². The maximum absolute atomic E-state index is 14.0. The predicted octanol–water partition coefficient (Wildman–Crippen LogP) is 5.54. The molecule has 3 aromatic rings. The molecule has 0 saturated heterocycles. The van der Waals surface area contributed by atoms with Crippen LogP contribution in [-0.2, 0) is 6.54 Å². The summed E-state index contributed by atoms with van der Waals surface area (Å²) in [4.78, 5) is 12.2. The molecule has 0 saturated carbocycles. The molecule has 1 aromatic heterocycles. The molecular formula is C19H14ClF5N4O. The van der Waals surface area contributed by atoms with Crippen LogP contribution in [-0.4, -0.2) is 15.8 Å². The number of aryl methyl sites for hydroxylation is 1. The molecule has 0 fully saturated rings. The summed E-state index contributed by atoms with van der Waals surface area (Å²) in [6.45, 7) is 2.26. The number of hydrogen-bond acceptors (Lipinski definition) is 2. The number of aromatic nitrogens is 2. The zero-order valence-corrected chi connectivity index (χ0v) is 16.3. The van der Waals surface area contributed by atoms with Gasteiger partial charge in [-0.2, -0.15) is 5.10 Å². The van der Waals surface area contributed by atoms with Crippen LogP contribution in [0.15, 0.2) is 24.3 Å². The Hall–Kier alpha value is -3.14. The first-order chi connectivity index (χ1) is 14.1. The highest BCUT2D eigenvalue weighted by molar-refractivity contribution is 6.30.